The van der Waals surface area contributed by atoms with Crippen molar-refractivity contribution in [3.63, 3.8) is 0 Å². The van der Waals surface area contributed by atoms with E-state index in [1.807, 2.05) is 7.05 Å². The molecule has 0 unspecified atom stereocenters. The van der Waals surface area contributed by atoms with Gasteiger partial charge in [-0.3, -0.25) is 0 Å². The average molecular weight is 348 g/mol. The SMILES string of the molecule is Cc1cc(Br)c(N)cc1S(=O)(=O)N1CCN(C)CC1. The number of rotatable bonds is 2. The van der Waals surface area contributed by atoms with Crippen molar-refractivity contribution in [2.24, 2.45) is 0 Å². The van der Waals surface area contributed by atoms with Crippen molar-refractivity contribution < 1.29 is 8.42 Å². The molecule has 1 aromatic carbocycles. The molecule has 5 nitrogen and oxygen atoms in total. The molecule has 0 atom stereocenters. The highest BCUT2D eigenvalue weighted by molar-refractivity contribution is 9.10. The fourth-order valence-electron chi connectivity index (χ4n) is 2.11. The number of sulfonamides is 1. The molecular weight excluding hydrogens is 330 g/mol. The minimum absolute atomic E-state index is 0.303. The monoisotopic (exact) mass is 347 g/mol. The van der Waals surface area contributed by atoms with Gasteiger partial charge in [0.15, 0.2) is 0 Å². The molecule has 1 aromatic rings. The first kappa shape index (κ1) is 14.8. The lowest BCUT2D eigenvalue weighted by molar-refractivity contribution is 0.222. The van der Waals surface area contributed by atoms with Gasteiger partial charge in [0.1, 0.15) is 0 Å². The molecule has 1 fully saturated rings. The van der Waals surface area contributed by atoms with Crippen molar-refractivity contribution in [1.29, 1.82) is 0 Å². The van der Waals surface area contributed by atoms with Crippen LogP contribution in [-0.4, -0.2) is 50.8 Å². The van der Waals surface area contributed by atoms with Crippen LogP contribution >= 0.6 is 15.9 Å². The van der Waals surface area contributed by atoms with Crippen LogP contribution in [0.1, 0.15) is 5.56 Å². The first-order chi connectivity index (χ1) is 8.82. The summed E-state index contributed by atoms with van der Waals surface area (Å²) in [5.41, 5.74) is 6.95. The number of likely N-dealkylation sites (N-methyl/N-ethyl adjacent to an activating group) is 1. The van der Waals surface area contributed by atoms with Crippen molar-refractivity contribution in [3.05, 3.63) is 22.2 Å². The largest absolute Gasteiger partial charge is 0.398 e. The standard InChI is InChI=1S/C12H18BrN3O2S/c1-9-7-10(13)11(14)8-12(9)19(17,18)16-5-3-15(2)4-6-16/h7-8H,3-6,14H2,1-2H3. The zero-order valence-electron chi connectivity index (χ0n) is 11.1. The van der Waals surface area contributed by atoms with Crippen LogP contribution in [0.5, 0.6) is 0 Å². The van der Waals surface area contributed by atoms with Crippen molar-refractivity contribution in [3.8, 4) is 0 Å². The number of hydrogen-bond acceptors (Lipinski definition) is 4. The molecule has 0 aliphatic carbocycles. The molecule has 0 aromatic heterocycles. The van der Waals surface area contributed by atoms with Crippen LogP contribution in [0.25, 0.3) is 0 Å². The van der Waals surface area contributed by atoms with Crippen molar-refractivity contribution in [2.45, 2.75) is 11.8 Å². The summed E-state index contributed by atoms with van der Waals surface area (Å²) in [7, 11) is -1.46. The number of piperazine rings is 1. The van der Waals surface area contributed by atoms with Gasteiger partial charge in [0, 0.05) is 36.3 Å². The number of halogens is 1. The molecule has 7 heteroatoms. The summed E-state index contributed by atoms with van der Waals surface area (Å²) in [5, 5.41) is 0. The quantitative estimate of drug-likeness (QED) is 0.818. The highest BCUT2D eigenvalue weighted by atomic mass is 79.9. The van der Waals surface area contributed by atoms with E-state index in [1.54, 1.807) is 13.0 Å². The molecule has 19 heavy (non-hydrogen) atoms. The normalized spacial score (nSPS) is 18.7. The van der Waals surface area contributed by atoms with Gasteiger partial charge < -0.3 is 10.6 Å². The van der Waals surface area contributed by atoms with E-state index in [-0.39, 0.29) is 0 Å². The van der Waals surface area contributed by atoms with Crippen LogP contribution in [0.2, 0.25) is 0 Å². The predicted octanol–water partition coefficient (Wildman–Crippen LogP) is 1.28. The summed E-state index contributed by atoms with van der Waals surface area (Å²) in [6, 6.07) is 3.28. The first-order valence-corrected chi connectivity index (χ1v) is 8.30. The first-order valence-electron chi connectivity index (χ1n) is 6.06. The lowest BCUT2D eigenvalue weighted by Gasteiger charge is -2.32. The summed E-state index contributed by atoms with van der Waals surface area (Å²) < 4.78 is 27.5. The van der Waals surface area contributed by atoms with Gasteiger partial charge >= 0.3 is 0 Å². The lowest BCUT2D eigenvalue weighted by Crippen LogP contribution is -2.47. The molecule has 2 N–H and O–H groups in total. The summed E-state index contributed by atoms with van der Waals surface area (Å²) in [4.78, 5) is 2.42. The zero-order valence-corrected chi connectivity index (χ0v) is 13.5. The van der Waals surface area contributed by atoms with Crippen LogP contribution < -0.4 is 5.73 Å². The molecule has 1 aliphatic rings. The summed E-state index contributed by atoms with van der Waals surface area (Å²) >= 11 is 3.31. The molecule has 2 rings (SSSR count). The second-order valence-corrected chi connectivity index (χ2v) is 7.61. The Labute approximate surface area is 122 Å². The van der Waals surface area contributed by atoms with Gasteiger partial charge in [0.25, 0.3) is 0 Å². The van der Waals surface area contributed by atoms with Gasteiger partial charge in [0.05, 0.1) is 4.90 Å². The van der Waals surface area contributed by atoms with E-state index >= 15 is 0 Å². The number of aryl methyl sites for hydroxylation is 1. The van der Waals surface area contributed by atoms with Gasteiger partial charge in [-0.1, -0.05) is 0 Å². The third-order valence-electron chi connectivity index (χ3n) is 3.37. The van der Waals surface area contributed by atoms with Crippen LogP contribution in [0.3, 0.4) is 0 Å². The summed E-state index contributed by atoms with van der Waals surface area (Å²) in [6.45, 7) is 4.34. The Kier molecular flexibility index (Phi) is 4.20. The van der Waals surface area contributed by atoms with Gasteiger partial charge in [-0.15, -0.1) is 0 Å². The Balaban J connectivity index is 2.37. The fraction of sp³-hybridized carbons (Fsp3) is 0.500. The summed E-state index contributed by atoms with van der Waals surface area (Å²) in [5.74, 6) is 0. The van der Waals surface area contributed by atoms with Crippen molar-refractivity contribution in [2.75, 3.05) is 39.0 Å². The Morgan fingerprint density at radius 1 is 1.21 bits per heavy atom. The average Bonchev–Trinajstić information content (AvgIpc) is 2.34. The van der Waals surface area contributed by atoms with Crippen molar-refractivity contribution in [1.82, 2.24) is 9.21 Å². The van der Waals surface area contributed by atoms with Crippen molar-refractivity contribution >= 4 is 31.6 Å². The number of hydrogen-bond donors (Lipinski definition) is 1. The minimum atomic E-state index is -3.45. The molecular formula is C12H18BrN3O2S. The predicted molar refractivity (Wildman–Crippen MR) is 79.5 cm³/mol. The smallest absolute Gasteiger partial charge is 0.243 e. The molecule has 0 bridgehead atoms. The molecule has 0 spiro atoms. The summed E-state index contributed by atoms with van der Waals surface area (Å²) in [6.07, 6.45) is 0. The molecule has 0 amide bonds. The number of nitrogen functional groups attached to an aromatic ring is 1. The van der Waals surface area contributed by atoms with Gasteiger partial charge in [-0.25, -0.2) is 8.42 Å². The molecule has 1 heterocycles. The number of benzene rings is 1. The van der Waals surface area contributed by atoms with Gasteiger partial charge in [0.2, 0.25) is 10.0 Å². The molecule has 106 valence electrons. The second kappa shape index (κ2) is 5.40. The van der Waals surface area contributed by atoms with Gasteiger partial charge in [-0.2, -0.15) is 4.31 Å². The van der Waals surface area contributed by atoms with E-state index in [4.69, 9.17) is 5.73 Å². The maximum absolute atomic E-state index is 12.6. The maximum atomic E-state index is 12.6. The Bertz CT molecular complexity index is 581. The second-order valence-electron chi connectivity index (χ2n) is 4.85. The molecule has 1 aliphatic heterocycles. The van der Waals surface area contributed by atoms with E-state index in [2.05, 4.69) is 20.8 Å². The minimum Gasteiger partial charge on any atom is -0.398 e. The lowest BCUT2D eigenvalue weighted by atomic mass is 10.2. The molecule has 1 saturated heterocycles. The topological polar surface area (TPSA) is 66.6 Å². The highest BCUT2D eigenvalue weighted by Crippen LogP contribution is 2.28. The Morgan fingerprint density at radius 2 is 1.79 bits per heavy atom. The number of nitrogens with zero attached hydrogens (tertiary/aromatic N) is 2. The highest BCUT2D eigenvalue weighted by Gasteiger charge is 2.29. The van der Waals surface area contributed by atoms with E-state index in [1.165, 1.54) is 10.4 Å². The van der Waals surface area contributed by atoms with E-state index in [0.29, 0.717) is 29.2 Å². The molecule has 0 saturated carbocycles. The Morgan fingerprint density at radius 3 is 2.37 bits per heavy atom. The third-order valence-corrected chi connectivity index (χ3v) is 6.10. The number of anilines is 1. The maximum Gasteiger partial charge on any atom is 0.243 e. The van der Waals surface area contributed by atoms with Crippen LogP contribution in [0, 0.1) is 6.92 Å². The third kappa shape index (κ3) is 2.94. The molecule has 0 radical (unpaired) electrons. The van der Waals surface area contributed by atoms with E-state index in [9.17, 15) is 8.42 Å². The Hall–Kier alpha value is -0.630. The van der Waals surface area contributed by atoms with Crippen LogP contribution in [0.15, 0.2) is 21.5 Å². The van der Waals surface area contributed by atoms with Gasteiger partial charge in [-0.05, 0) is 47.6 Å². The zero-order chi connectivity index (χ0) is 14.2. The van der Waals surface area contributed by atoms with Crippen LogP contribution in [-0.2, 0) is 10.0 Å². The number of nitrogens with two attached hydrogens (primary N) is 1. The van der Waals surface area contributed by atoms with E-state index in [0.717, 1.165) is 17.6 Å². The fourth-order valence-corrected chi connectivity index (χ4v) is 4.24. The van der Waals surface area contributed by atoms with E-state index < -0.39 is 10.0 Å². The van der Waals surface area contributed by atoms with Crippen LogP contribution in [0.4, 0.5) is 5.69 Å².